The summed E-state index contributed by atoms with van der Waals surface area (Å²) < 4.78 is 12.4. The van der Waals surface area contributed by atoms with Crippen molar-refractivity contribution < 1.29 is 29.0 Å². The molecule has 2 bridgehead atoms. The first-order valence-electron chi connectivity index (χ1n) is 15.1. The lowest BCUT2D eigenvalue weighted by Crippen LogP contribution is -2.60. The van der Waals surface area contributed by atoms with Gasteiger partial charge in [-0.1, -0.05) is 26.0 Å². The summed E-state index contributed by atoms with van der Waals surface area (Å²) >= 11 is 0. The van der Waals surface area contributed by atoms with Gasteiger partial charge >= 0.3 is 0 Å². The lowest BCUT2D eigenvalue weighted by Gasteiger charge is -2.41. The second-order valence-corrected chi connectivity index (χ2v) is 12.5. The minimum Gasteiger partial charge on any atom is -0.494 e. The van der Waals surface area contributed by atoms with Crippen LogP contribution in [0.5, 0.6) is 5.75 Å². The highest BCUT2D eigenvalue weighted by molar-refractivity contribution is 6.03. The first kappa shape index (κ1) is 31.8. The molecule has 0 radical (unpaired) electrons. The van der Waals surface area contributed by atoms with Gasteiger partial charge in [0.1, 0.15) is 17.4 Å². The molecule has 3 aliphatic rings. The van der Waals surface area contributed by atoms with Crippen LogP contribution in [0, 0.1) is 17.8 Å². The molecule has 0 aliphatic carbocycles. The molecule has 1 aromatic carbocycles. The van der Waals surface area contributed by atoms with Crippen molar-refractivity contribution in [2.45, 2.75) is 83.7 Å². The standard InChI is InChI=1S/C33H47N3O6/c1-9-18-34(22(6)7)31(40)28-33-17-16-32(8,42-33)26(27(33)30(39)36(28)25(20-37)21(4)5)29(38)35(19-10-2)23-12-14-24(15-13-23)41-11-3/h9-10,12-15,21-22,25-28,37H,1-2,11,16-20H2,3-8H3/t25-,26+,27-,28?,32-,33?/m0/s1. The van der Waals surface area contributed by atoms with Gasteiger partial charge in [-0.2, -0.15) is 0 Å². The van der Waals surface area contributed by atoms with Gasteiger partial charge < -0.3 is 29.3 Å². The van der Waals surface area contributed by atoms with E-state index >= 15 is 0 Å². The summed E-state index contributed by atoms with van der Waals surface area (Å²) in [6.45, 7) is 20.0. The normalized spacial score (nSPS) is 28.6. The van der Waals surface area contributed by atoms with E-state index in [1.54, 1.807) is 26.9 Å². The average Bonchev–Trinajstić information content (AvgIpc) is 3.51. The van der Waals surface area contributed by atoms with E-state index in [4.69, 9.17) is 9.47 Å². The third-order valence-electron chi connectivity index (χ3n) is 9.30. The largest absolute Gasteiger partial charge is 0.494 e. The number of rotatable bonds is 13. The van der Waals surface area contributed by atoms with Gasteiger partial charge in [-0.15, -0.1) is 13.2 Å². The topological polar surface area (TPSA) is 99.6 Å². The van der Waals surface area contributed by atoms with Crippen molar-refractivity contribution in [1.29, 1.82) is 0 Å². The van der Waals surface area contributed by atoms with Gasteiger partial charge in [-0.25, -0.2) is 0 Å². The van der Waals surface area contributed by atoms with Crippen molar-refractivity contribution in [3.63, 3.8) is 0 Å². The summed E-state index contributed by atoms with van der Waals surface area (Å²) in [7, 11) is 0. The van der Waals surface area contributed by atoms with E-state index < -0.39 is 35.1 Å². The number of ether oxygens (including phenoxy) is 2. The smallest absolute Gasteiger partial charge is 0.248 e. The average molecular weight is 582 g/mol. The van der Waals surface area contributed by atoms with E-state index in [1.807, 2.05) is 65.8 Å². The van der Waals surface area contributed by atoms with Crippen LogP contribution in [0.25, 0.3) is 0 Å². The van der Waals surface area contributed by atoms with E-state index in [0.717, 1.165) is 0 Å². The minimum atomic E-state index is -1.18. The van der Waals surface area contributed by atoms with E-state index in [2.05, 4.69) is 13.2 Å². The first-order valence-corrected chi connectivity index (χ1v) is 15.1. The molecule has 9 nitrogen and oxygen atoms in total. The number of hydrogen-bond donors (Lipinski definition) is 1. The molecule has 3 amide bonds. The van der Waals surface area contributed by atoms with Crippen LogP contribution < -0.4 is 9.64 Å². The van der Waals surface area contributed by atoms with Crippen LogP contribution in [0.4, 0.5) is 5.69 Å². The second kappa shape index (κ2) is 12.2. The Morgan fingerprint density at radius 1 is 1.12 bits per heavy atom. The highest BCUT2D eigenvalue weighted by Crippen LogP contribution is 2.64. The monoisotopic (exact) mass is 581 g/mol. The zero-order chi connectivity index (χ0) is 31.0. The summed E-state index contributed by atoms with van der Waals surface area (Å²) in [4.78, 5) is 48.4. The number of aliphatic hydroxyl groups is 1. The molecule has 6 atom stereocenters. The number of amides is 3. The predicted molar refractivity (Wildman–Crippen MR) is 162 cm³/mol. The Morgan fingerprint density at radius 2 is 1.76 bits per heavy atom. The fourth-order valence-corrected chi connectivity index (χ4v) is 7.36. The third kappa shape index (κ3) is 5.04. The molecule has 2 unspecified atom stereocenters. The minimum absolute atomic E-state index is 0.126. The summed E-state index contributed by atoms with van der Waals surface area (Å²) in [6, 6.07) is 5.56. The summed E-state index contributed by atoms with van der Waals surface area (Å²) in [5.41, 5.74) is -1.45. The Morgan fingerprint density at radius 3 is 2.29 bits per heavy atom. The Labute approximate surface area is 250 Å². The molecule has 3 fully saturated rings. The fraction of sp³-hybridized carbons (Fsp3) is 0.606. The SMILES string of the molecule is C=CCN(C(=O)[C@H]1[C@H]2C(=O)N([C@@H](CO)C(C)C)C(C(=O)N(CC=C)C(C)C)C23CC[C@]1(C)O3)c1ccc(OCC)cc1. The molecule has 4 rings (SSSR count). The number of fused-ring (bicyclic) bond motifs is 1. The van der Waals surface area contributed by atoms with E-state index in [-0.39, 0.29) is 42.8 Å². The zero-order valence-electron chi connectivity index (χ0n) is 25.9. The molecule has 42 heavy (non-hydrogen) atoms. The fourth-order valence-electron chi connectivity index (χ4n) is 7.36. The maximum atomic E-state index is 14.6. The number of hydrogen-bond acceptors (Lipinski definition) is 6. The van der Waals surface area contributed by atoms with Crippen molar-refractivity contribution in [3.8, 4) is 5.75 Å². The molecule has 0 saturated carbocycles. The van der Waals surface area contributed by atoms with Gasteiger partial charge in [0.2, 0.25) is 17.7 Å². The number of nitrogens with zero attached hydrogens (tertiary/aromatic N) is 3. The lowest BCUT2D eigenvalue weighted by atomic mass is 9.66. The van der Waals surface area contributed by atoms with E-state index in [1.165, 1.54) is 0 Å². The number of anilines is 1. The molecular weight excluding hydrogens is 534 g/mol. The summed E-state index contributed by atoms with van der Waals surface area (Å²) in [5, 5.41) is 10.5. The van der Waals surface area contributed by atoms with Crippen molar-refractivity contribution in [2.75, 3.05) is 31.2 Å². The number of carbonyl (C=O) groups excluding carboxylic acids is 3. The van der Waals surface area contributed by atoms with Crippen LogP contribution in [0.1, 0.15) is 54.4 Å². The van der Waals surface area contributed by atoms with Gasteiger partial charge in [0.05, 0.1) is 36.7 Å². The van der Waals surface area contributed by atoms with Crippen molar-refractivity contribution in [1.82, 2.24) is 9.80 Å². The van der Waals surface area contributed by atoms with Crippen LogP contribution in [0.2, 0.25) is 0 Å². The van der Waals surface area contributed by atoms with E-state index in [9.17, 15) is 19.5 Å². The molecule has 3 saturated heterocycles. The summed E-state index contributed by atoms with van der Waals surface area (Å²) in [5.74, 6) is -1.91. The maximum absolute atomic E-state index is 14.6. The predicted octanol–water partition coefficient (Wildman–Crippen LogP) is 3.81. The maximum Gasteiger partial charge on any atom is 0.248 e. The lowest BCUT2D eigenvalue weighted by molar-refractivity contribution is -0.156. The number of benzene rings is 1. The molecule has 0 aromatic heterocycles. The van der Waals surface area contributed by atoms with Crippen LogP contribution in [-0.2, 0) is 19.1 Å². The van der Waals surface area contributed by atoms with E-state index in [0.29, 0.717) is 37.4 Å². The third-order valence-corrected chi connectivity index (χ3v) is 9.30. The van der Waals surface area contributed by atoms with Gasteiger partial charge in [0.15, 0.2) is 0 Å². The molecule has 9 heteroatoms. The van der Waals surface area contributed by atoms with Crippen molar-refractivity contribution in [3.05, 3.63) is 49.6 Å². The van der Waals surface area contributed by atoms with Gasteiger partial charge in [0, 0.05) is 24.8 Å². The molecule has 1 N–H and O–H groups in total. The highest BCUT2D eigenvalue weighted by Gasteiger charge is 2.79. The van der Waals surface area contributed by atoms with Crippen LogP contribution in [0.15, 0.2) is 49.6 Å². The second-order valence-electron chi connectivity index (χ2n) is 12.5. The van der Waals surface area contributed by atoms with Gasteiger partial charge in [-0.05, 0) is 70.7 Å². The Balaban J connectivity index is 1.82. The Bertz CT molecular complexity index is 1200. The van der Waals surface area contributed by atoms with Crippen molar-refractivity contribution >= 4 is 23.4 Å². The molecule has 230 valence electrons. The molecule has 3 heterocycles. The van der Waals surface area contributed by atoms with Crippen molar-refractivity contribution in [2.24, 2.45) is 17.8 Å². The van der Waals surface area contributed by atoms with Crippen LogP contribution in [0.3, 0.4) is 0 Å². The zero-order valence-corrected chi connectivity index (χ0v) is 25.9. The molecule has 1 aromatic rings. The highest BCUT2D eigenvalue weighted by atomic mass is 16.5. The number of carbonyl (C=O) groups is 3. The molecule has 1 spiro atoms. The summed E-state index contributed by atoms with van der Waals surface area (Å²) in [6.07, 6.45) is 4.33. The van der Waals surface area contributed by atoms with Crippen LogP contribution in [-0.4, -0.2) is 88.3 Å². The Hall–Kier alpha value is -3.17. The number of likely N-dealkylation sites (tertiary alicyclic amines) is 1. The molecular formula is C33H47N3O6. The number of aliphatic hydroxyl groups excluding tert-OH is 1. The quantitative estimate of drug-likeness (QED) is 0.356. The van der Waals surface area contributed by atoms with Crippen LogP contribution >= 0.6 is 0 Å². The van der Waals surface area contributed by atoms with Gasteiger partial charge in [-0.3, -0.25) is 14.4 Å². The first-order chi connectivity index (χ1) is 19.9. The van der Waals surface area contributed by atoms with Gasteiger partial charge in [0.25, 0.3) is 0 Å². The molecule has 3 aliphatic heterocycles. The Kier molecular flexibility index (Phi) is 9.23.